The number of hydrogen-bond donors (Lipinski definition) is 2. The van der Waals surface area contributed by atoms with Crippen molar-refractivity contribution >= 4 is 39.5 Å². The largest absolute Gasteiger partial charge is 0.382 e. The predicted molar refractivity (Wildman–Crippen MR) is 139 cm³/mol. The van der Waals surface area contributed by atoms with E-state index in [1.807, 2.05) is 31.9 Å². The molecule has 4 heterocycles. The Morgan fingerprint density at radius 3 is 2.74 bits per heavy atom. The van der Waals surface area contributed by atoms with Gasteiger partial charge in [0.05, 0.1) is 11.2 Å². The van der Waals surface area contributed by atoms with Gasteiger partial charge in [-0.1, -0.05) is 12.1 Å². The van der Waals surface area contributed by atoms with Crippen LogP contribution in [0.15, 0.2) is 48.2 Å². The molecule has 4 aromatic heterocycles. The van der Waals surface area contributed by atoms with Gasteiger partial charge in [0, 0.05) is 60.9 Å². The zero-order chi connectivity index (χ0) is 24.1. The fourth-order valence-electron chi connectivity index (χ4n) is 5.35. The molecule has 0 aliphatic heterocycles. The third-order valence-electron chi connectivity index (χ3n) is 7.07. The number of thiazole rings is 1. The number of nitrogens with one attached hydrogen (secondary N) is 1. The van der Waals surface area contributed by atoms with Crippen LogP contribution in [0.5, 0.6) is 0 Å². The number of imidazole rings is 1. The zero-order valence-electron chi connectivity index (χ0n) is 19.7. The number of fused-ring (bicyclic) bond motifs is 2. The van der Waals surface area contributed by atoms with Crippen molar-refractivity contribution < 1.29 is 4.79 Å². The summed E-state index contributed by atoms with van der Waals surface area (Å²) < 4.78 is 2.09. The number of aromatic nitrogens is 5. The topological polar surface area (TPSA) is 105 Å². The molecule has 1 aliphatic carbocycles. The van der Waals surface area contributed by atoms with Gasteiger partial charge in [0.25, 0.3) is 0 Å². The molecule has 0 atom stereocenters. The Balaban J connectivity index is 1.42. The molecular weight excluding hydrogens is 458 g/mol. The van der Waals surface area contributed by atoms with E-state index in [1.54, 1.807) is 22.4 Å². The predicted octanol–water partition coefficient (Wildman–Crippen LogP) is 4.95. The smallest absolute Gasteiger partial charge is 0.225 e. The van der Waals surface area contributed by atoms with Crippen LogP contribution in [0.1, 0.15) is 37.4 Å². The minimum Gasteiger partial charge on any atom is -0.382 e. The van der Waals surface area contributed by atoms with Crippen LogP contribution in [0.25, 0.3) is 38.4 Å². The van der Waals surface area contributed by atoms with Gasteiger partial charge in [-0.2, -0.15) is 0 Å². The van der Waals surface area contributed by atoms with Crippen LogP contribution < -0.4 is 5.73 Å². The van der Waals surface area contributed by atoms with Gasteiger partial charge in [0.15, 0.2) is 0 Å². The molecule has 0 unspecified atom stereocenters. The lowest BCUT2D eigenvalue weighted by atomic mass is 9.81. The first-order valence-electron chi connectivity index (χ1n) is 11.9. The quantitative estimate of drug-likeness (QED) is 0.375. The molecule has 8 nitrogen and oxygen atoms in total. The van der Waals surface area contributed by atoms with Gasteiger partial charge in [0.2, 0.25) is 5.91 Å². The van der Waals surface area contributed by atoms with Gasteiger partial charge in [-0.05, 0) is 37.8 Å². The highest BCUT2D eigenvalue weighted by atomic mass is 32.1. The van der Waals surface area contributed by atoms with Crippen molar-refractivity contribution in [1.29, 1.82) is 0 Å². The van der Waals surface area contributed by atoms with E-state index in [1.165, 1.54) is 0 Å². The fraction of sp³-hybridized carbons (Fsp3) is 0.308. The minimum atomic E-state index is 0.0941. The maximum Gasteiger partial charge on any atom is 0.225 e. The molecule has 0 spiro atoms. The molecule has 1 saturated carbocycles. The van der Waals surface area contributed by atoms with Crippen molar-refractivity contribution in [2.24, 2.45) is 5.92 Å². The summed E-state index contributed by atoms with van der Waals surface area (Å²) in [6.07, 6.45) is 9.08. The van der Waals surface area contributed by atoms with Gasteiger partial charge in [-0.15, -0.1) is 11.3 Å². The molecule has 1 amide bonds. The third-order valence-corrected chi connectivity index (χ3v) is 7.87. The molecule has 9 heteroatoms. The van der Waals surface area contributed by atoms with E-state index < -0.39 is 0 Å². The second-order valence-corrected chi connectivity index (χ2v) is 10.3. The van der Waals surface area contributed by atoms with E-state index in [0.717, 1.165) is 69.9 Å². The number of amides is 1. The van der Waals surface area contributed by atoms with Crippen molar-refractivity contribution in [1.82, 2.24) is 29.2 Å². The molecule has 5 aromatic rings. The average molecular weight is 486 g/mol. The molecule has 0 bridgehead atoms. The fourth-order valence-corrected chi connectivity index (χ4v) is 6.01. The number of carbonyl (C=O) groups excluding carboxylic acids is 1. The van der Waals surface area contributed by atoms with Crippen LogP contribution in [-0.2, 0) is 4.79 Å². The van der Waals surface area contributed by atoms with Crippen molar-refractivity contribution in [3.8, 4) is 22.0 Å². The highest BCUT2D eigenvalue weighted by molar-refractivity contribution is 7.13. The van der Waals surface area contributed by atoms with E-state index in [4.69, 9.17) is 10.7 Å². The van der Waals surface area contributed by atoms with Crippen molar-refractivity contribution in [3.63, 3.8) is 0 Å². The van der Waals surface area contributed by atoms with Crippen molar-refractivity contribution in [2.75, 3.05) is 19.8 Å². The number of H-pyrrole nitrogens is 1. The lowest BCUT2D eigenvalue weighted by molar-refractivity contribution is -0.134. The van der Waals surface area contributed by atoms with E-state index in [2.05, 4.69) is 43.6 Å². The number of carbonyl (C=O) groups is 1. The summed E-state index contributed by atoms with van der Waals surface area (Å²) in [5.74, 6) is 2.02. The van der Waals surface area contributed by atoms with Gasteiger partial charge >= 0.3 is 0 Å². The lowest BCUT2D eigenvalue weighted by Crippen LogP contribution is -2.32. The Morgan fingerprint density at radius 1 is 1.17 bits per heavy atom. The van der Waals surface area contributed by atoms with Crippen LogP contribution in [-0.4, -0.2) is 49.2 Å². The zero-order valence-corrected chi connectivity index (χ0v) is 20.5. The minimum absolute atomic E-state index is 0.0941. The number of hydrogen-bond acceptors (Lipinski definition) is 6. The molecule has 0 radical (unpaired) electrons. The Kier molecular flexibility index (Phi) is 5.29. The average Bonchev–Trinajstić information content (AvgIpc) is 3.62. The molecule has 3 N–H and O–H groups in total. The summed E-state index contributed by atoms with van der Waals surface area (Å²) in [5.41, 5.74) is 11.0. The van der Waals surface area contributed by atoms with Gasteiger partial charge in [-0.3, -0.25) is 9.20 Å². The van der Waals surface area contributed by atoms with Crippen molar-refractivity contribution in [3.05, 3.63) is 54.1 Å². The first kappa shape index (κ1) is 21.8. The Morgan fingerprint density at radius 2 is 2.00 bits per heavy atom. The summed E-state index contributed by atoms with van der Waals surface area (Å²) in [7, 11) is 3.66. The van der Waals surface area contributed by atoms with Gasteiger partial charge < -0.3 is 15.6 Å². The molecule has 1 aromatic carbocycles. The van der Waals surface area contributed by atoms with Crippen molar-refractivity contribution in [2.45, 2.75) is 31.6 Å². The molecule has 178 valence electrons. The Labute approximate surface area is 206 Å². The Hall–Kier alpha value is -3.72. The lowest BCUT2D eigenvalue weighted by Gasteiger charge is -2.28. The molecule has 35 heavy (non-hydrogen) atoms. The number of nitrogens with zero attached hydrogens (tertiary/aromatic N) is 5. The molecule has 6 rings (SSSR count). The highest BCUT2D eigenvalue weighted by Crippen LogP contribution is 2.40. The summed E-state index contributed by atoms with van der Waals surface area (Å²) in [6.45, 7) is 0. The first-order chi connectivity index (χ1) is 17.0. The normalized spacial score (nSPS) is 18.3. The van der Waals surface area contributed by atoms with E-state index in [-0.39, 0.29) is 17.7 Å². The maximum absolute atomic E-state index is 12.5. The number of aromatic amines is 1. The summed E-state index contributed by atoms with van der Waals surface area (Å²) in [5, 5.41) is 4.06. The number of para-hydroxylation sites is 1. The highest BCUT2D eigenvalue weighted by Gasteiger charge is 2.31. The summed E-state index contributed by atoms with van der Waals surface area (Å²) >= 11 is 1.62. The second-order valence-electron chi connectivity index (χ2n) is 9.42. The molecule has 1 fully saturated rings. The van der Waals surface area contributed by atoms with Crippen LogP contribution in [0.3, 0.4) is 0 Å². The monoisotopic (exact) mass is 485 g/mol. The first-order valence-corrected chi connectivity index (χ1v) is 12.7. The SMILES string of the molecule is CN(C)C(=O)[C@H]1CC[C@H](c2nc(-c3cc4cccc(-c5nccs5)c4[nH]3)c3c(N)nccn32)CC1. The van der Waals surface area contributed by atoms with Crippen LogP contribution in [0.2, 0.25) is 0 Å². The number of rotatable bonds is 4. The molecule has 0 saturated heterocycles. The standard InChI is InChI=1S/C26H27N7OS/c1-32(2)26(34)16-8-6-15(7-9-16)24-31-21(22-23(27)28-10-12-33(22)24)19-14-17-4-3-5-18(20(17)30-19)25-29-11-13-35-25/h3-5,10-16,30H,6-9H2,1-2H3,(H2,27,28)/t15-,16-. The molecular formula is C26H27N7OS. The number of nitrogens with two attached hydrogens (primary N) is 1. The molecule has 1 aliphatic rings. The number of nitrogen functional groups attached to an aromatic ring is 1. The van der Waals surface area contributed by atoms with Gasteiger partial charge in [0.1, 0.15) is 27.9 Å². The van der Waals surface area contributed by atoms with Crippen LogP contribution >= 0.6 is 11.3 Å². The van der Waals surface area contributed by atoms with Crippen LogP contribution in [0, 0.1) is 5.92 Å². The Bertz CT molecular complexity index is 1520. The summed E-state index contributed by atoms with van der Waals surface area (Å²) in [4.78, 5) is 31.8. The van der Waals surface area contributed by atoms with Crippen LogP contribution in [0.4, 0.5) is 5.82 Å². The number of anilines is 1. The van der Waals surface area contributed by atoms with E-state index in [9.17, 15) is 4.79 Å². The van der Waals surface area contributed by atoms with E-state index >= 15 is 0 Å². The number of benzene rings is 1. The maximum atomic E-state index is 12.5. The van der Waals surface area contributed by atoms with Gasteiger partial charge in [-0.25, -0.2) is 15.0 Å². The summed E-state index contributed by atoms with van der Waals surface area (Å²) in [6, 6.07) is 8.35. The third kappa shape index (κ3) is 3.67. The van der Waals surface area contributed by atoms with E-state index in [0.29, 0.717) is 5.82 Å². The second kappa shape index (κ2) is 8.49.